The monoisotopic (exact) mass is 394 g/mol. The van der Waals surface area contributed by atoms with Crippen molar-refractivity contribution in [3.63, 3.8) is 0 Å². The van der Waals surface area contributed by atoms with Crippen molar-refractivity contribution < 1.29 is 19.2 Å². The Balaban J connectivity index is 1.41. The molecule has 28 heavy (non-hydrogen) atoms. The number of aryl methyl sites for hydroxylation is 1. The normalized spacial score (nSPS) is 13.0. The van der Waals surface area contributed by atoms with Gasteiger partial charge < -0.3 is 4.84 Å². The van der Waals surface area contributed by atoms with Crippen molar-refractivity contribution in [1.29, 1.82) is 0 Å². The summed E-state index contributed by atoms with van der Waals surface area (Å²) >= 11 is 1.10. The average molecular weight is 394 g/mol. The highest BCUT2D eigenvalue weighted by molar-refractivity contribution is 7.99. The summed E-state index contributed by atoms with van der Waals surface area (Å²) in [7, 11) is 0. The first-order valence-corrected chi connectivity index (χ1v) is 9.31. The molecule has 0 saturated carbocycles. The first-order chi connectivity index (χ1) is 13.5. The fraction of sp³-hybridized carbons (Fsp3) is 0.105. The maximum Gasteiger partial charge on any atom is 0.343 e. The first-order valence-electron chi connectivity index (χ1n) is 8.33. The zero-order chi connectivity index (χ0) is 19.7. The van der Waals surface area contributed by atoms with Gasteiger partial charge in [-0.2, -0.15) is 0 Å². The van der Waals surface area contributed by atoms with Crippen LogP contribution >= 0.6 is 11.8 Å². The summed E-state index contributed by atoms with van der Waals surface area (Å²) in [5.41, 5.74) is 2.40. The smallest absolute Gasteiger partial charge is 0.329 e. The molecule has 0 spiro atoms. The number of hydroxylamine groups is 2. The standard InChI is InChI=1S/C19H14N4O4S/c1-12-6-8-13(9-7-12)22-11-20-21-19(22)28-10-16(24)27-23-17(25)14-4-2-3-5-15(14)18(23)26/h2-9,11H,10H2,1H3. The number of thioether (sulfide) groups is 1. The maximum absolute atomic E-state index is 12.2. The van der Waals surface area contributed by atoms with E-state index >= 15 is 0 Å². The van der Waals surface area contributed by atoms with Gasteiger partial charge in [-0.3, -0.25) is 14.2 Å². The largest absolute Gasteiger partial charge is 0.343 e. The lowest BCUT2D eigenvalue weighted by atomic mass is 10.1. The number of fused-ring (bicyclic) bond motifs is 1. The highest BCUT2D eigenvalue weighted by Gasteiger charge is 2.38. The molecular formula is C19H14N4O4S. The molecule has 9 heteroatoms. The molecule has 4 rings (SSSR count). The van der Waals surface area contributed by atoms with Crippen molar-refractivity contribution in [2.75, 3.05) is 5.75 Å². The van der Waals surface area contributed by atoms with Crippen LogP contribution in [-0.2, 0) is 9.63 Å². The van der Waals surface area contributed by atoms with Gasteiger partial charge in [0.05, 0.1) is 11.1 Å². The van der Waals surface area contributed by atoms with E-state index in [1.165, 1.54) is 12.1 Å². The van der Waals surface area contributed by atoms with Gasteiger partial charge in [0.25, 0.3) is 11.8 Å². The molecule has 1 aliphatic heterocycles. The van der Waals surface area contributed by atoms with E-state index in [0.29, 0.717) is 10.2 Å². The Morgan fingerprint density at radius 3 is 2.32 bits per heavy atom. The minimum atomic E-state index is -0.738. The van der Waals surface area contributed by atoms with E-state index in [9.17, 15) is 14.4 Å². The third-order valence-corrected chi connectivity index (χ3v) is 5.01. The van der Waals surface area contributed by atoms with Crippen LogP contribution in [0, 0.1) is 6.92 Å². The molecule has 8 nitrogen and oxygen atoms in total. The minimum absolute atomic E-state index is 0.141. The Morgan fingerprint density at radius 2 is 1.68 bits per heavy atom. The molecule has 0 atom stereocenters. The van der Waals surface area contributed by atoms with Crippen LogP contribution in [0.4, 0.5) is 0 Å². The van der Waals surface area contributed by atoms with Gasteiger partial charge in [0.2, 0.25) is 0 Å². The second-order valence-electron chi connectivity index (χ2n) is 6.02. The molecule has 0 radical (unpaired) electrons. The number of hydrogen-bond donors (Lipinski definition) is 0. The van der Waals surface area contributed by atoms with Gasteiger partial charge in [0, 0.05) is 5.69 Å². The maximum atomic E-state index is 12.2. The van der Waals surface area contributed by atoms with Crippen LogP contribution in [0.15, 0.2) is 60.0 Å². The molecule has 0 aliphatic carbocycles. The average Bonchev–Trinajstić information content (AvgIpc) is 3.26. The molecule has 0 saturated heterocycles. The Morgan fingerprint density at radius 1 is 1.04 bits per heavy atom. The summed E-state index contributed by atoms with van der Waals surface area (Å²) in [5, 5.41) is 8.86. The summed E-state index contributed by atoms with van der Waals surface area (Å²) in [5.74, 6) is -2.18. The number of amides is 2. The van der Waals surface area contributed by atoms with E-state index in [4.69, 9.17) is 4.84 Å². The summed E-state index contributed by atoms with van der Waals surface area (Å²) in [6.45, 7) is 1.99. The van der Waals surface area contributed by atoms with Gasteiger partial charge in [-0.1, -0.05) is 46.7 Å². The van der Waals surface area contributed by atoms with Gasteiger partial charge in [-0.15, -0.1) is 10.2 Å². The molecule has 0 unspecified atom stereocenters. The molecule has 1 aromatic heterocycles. The lowest BCUT2D eigenvalue weighted by molar-refractivity contribution is -0.165. The molecule has 0 fully saturated rings. The lowest BCUT2D eigenvalue weighted by Gasteiger charge is -2.12. The van der Waals surface area contributed by atoms with Crippen LogP contribution in [0.1, 0.15) is 26.3 Å². The van der Waals surface area contributed by atoms with Crippen LogP contribution in [0.5, 0.6) is 0 Å². The first kappa shape index (κ1) is 17.9. The van der Waals surface area contributed by atoms with Crippen molar-refractivity contribution in [1.82, 2.24) is 19.8 Å². The fourth-order valence-electron chi connectivity index (χ4n) is 2.71. The van der Waals surface area contributed by atoms with Gasteiger partial charge in [0.1, 0.15) is 12.1 Å². The van der Waals surface area contributed by atoms with E-state index in [0.717, 1.165) is 23.0 Å². The fourth-order valence-corrected chi connectivity index (χ4v) is 3.40. The van der Waals surface area contributed by atoms with Gasteiger partial charge in [-0.05, 0) is 31.2 Å². The second kappa shape index (κ2) is 7.28. The molecule has 1 aliphatic rings. The summed E-state index contributed by atoms with van der Waals surface area (Å²) in [6, 6.07) is 14.1. The summed E-state index contributed by atoms with van der Waals surface area (Å²) in [4.78, 5) is 41.7. The van der Waals surface area contributed by atoms with Crippen molar-refractivity contribution in [2.24, 2.45) is 0 Å². The van der Waals surface area contributed by atoms with Gasteiger partial charge in [-0.25, -0.2) is 4.79 Å². The molecule has 3 aromatic rings. The van der Waals surface area contributed by atoms with Crippen molar-refractivity contribution >= 4 is 29.5 Å². The highest BCUT2D eigenvalue weighted by Crippen LogP contribution is 2.24. The minimum Gasteiger partial charge on any atom is -0.329 e. The van der Waals surface area contributed by atoms with Crippen molar-refractivity contribution in [2.45, 2.75) is 12.1 Å². The number of benzene rings is 2. The highest BCUT2D eigenvalue weighted by atomic mass is 32.2. The number of hydrogen-bond acceptors (Lipinski definition) is 7. The Kier molecular flexibility index (Phi) is 4.66. The number of nitrogens with zero attached hydrogens (tertiary/aromatic N) is 4. The number of rotatable bonds is 5. The van der Waals surface area contributed by atoms with Crippen LogP contribution < -0.4 is 0 Å². The number of carbonyl (C=O) groups is 3. The van der Waals surface area contributed by atoms with Crippen molar-refractivity contribution in [3.05, 3.63) is 71.5 Å². The Labute approximate surface area is 164 Å². The van der Waals surface area contributed by atoms with Gasteiger partial charge >= 0.3 is 5.97 Å². The zero-order valence-electron chi connectivity index (χ0n) is 14.7. The van der Waals surface area contributed by atoms with E-state index in [2.05, 4.69) is 10.2 Å². The SMILES string of the molecule is Cc1ccc(-n2cnnc2SCC(=O)ON2C(=O)c3ccccc3C2=O)cc1. The third kappa shape index (κ3) is 3.27. The summed E-state index contributed by atoms with van der Waals surface area (Å²) < 4.78 is 1.74. The quantitative estimate of drug-likeness (QED) is 0.484. The molecular weight excluding hydrogens is 380 g/mol. The van der Waals surface area contributed by atoms with Crippen LogP contribution in [-0.4, -0.2) is 43.4 Å². The topological polar surface area (TPSA) is 94.4 Å². The summed E-state index contributed by atoms with van der Waals surface area (Å²) in [6.07, 6.45) is 1.54. The second-order valence-corrected chi connectivity index (χ2v) is 6.96. The van der Waals surface area contributed by atoms with Crippen LogP contribution in [0.2, 0.25) is 0 Å². The van der Waals surface area contributed by atoms with Crippen LogP contribution in [0.25, 0.3) is 5.69 Å². The predicted molar refractivity (Wildman–Crippen MR) is 99.9 cm³/mol. The molecule has 2 heterocycles. The van der Waals surface area contributed by atoms with E-state index < -0.39 is 17.8 Å². The predicted octanol–water partition coefficient (Wildman–Crippen LogP) is 2.42. The van der Waals surface area contributed by atoms with Crippen LogP contribution in [0.3, 0.4) is 0 Å². The van der Waals surface area contributed by atoms with E-state index in [1.54, 1.807) is 23.0 Å². The Hall–Kier alpha value is -3.46. The van der Waals surface area contributed by atoms with Gasteiger partial charge in [0.15, 0.2) is 5.16 Å². The van der Waals surface area contributed by atoms with E-state index in [-0.39, 0.29) is 16.9 Å². The number of imide groups is 1. The molecule has 140 valence electrons. The molecule has 2 aromatic carbocycles. The number of aromatic nitrogens is 3. The number of carbonyl (C=O) groups excluding carboxylic acids is 3. The zero-order valence-corrected chi connectivity index (χ0v) is 15.5. The molecule has 0 bridgehead atoms. The molecule has 0 N–H and O–H groups in total. The third-order valence-electron chi connectivity index (χ3n) is 4.10. The lowest BCUT2D eigenvalue weighted by Crippen LogP contribution is -2.33. The van der Waals surface area contributed by atoms with Crippen molar-refractivity contribution in [3.8, 4) is 5.69 Å². The Bertz CT molecular complexity index is 1040. The van der Waals surface area contributed by atoms with E-state index in [1.807, 2.05) is 31.2 Å². The molecule has 2 amide bonds.